The summed E-state index contributed by atoms with van der Waals surface area (Å²) in [5.41, 5.74) is 0.590. The maximum absolute atomic E-state index is 11.9. The van der Waals surface area contributed by atoms with Gasteiger partial charge in [-0.2, -0.15) is 0 Å². The van der Waals surface area contributed by atoms with E-state index in [-0.39, 0.29) is 11.7 Å². The second kappa shape index (κ2) is 4.21. The highest BCUT2D eigenvalue weighted by atomic mass is 16.2. The molecule has 0 aromatic carbocycles. The number of amides is 1. The van der Waals surface area contributed by atoms with E-state index in [2.05, 4.69) is 4.98 Å². The molecule has 1 fully saturated rings. The second-order valence-electron chi connectivity index (χ2n) is 3.57. The highest BCUT2D eigenvalue weighted by Crippen LogP contribution is 2.10. The molecule has 2 rings (SSSR count). The molecule has 1 aromatic heterocycles. The van der Waals surface area contributed by atoms with Crippen molar-refractivity contribution in [1.82, 2.24) is 9.88 Å². The number of likely N-dealkylation sites (tertiary alicyclic amines) is 1. The second-order valence-corrected chi connectivity index (χ2v) is 3.57. The SMILES string of the molecule is O=C1CCN(C(=O)c2cccnc2)CC1. The van der Waals surface area contributed by atoms with Crippen LogP contribution in [0.3, 0.4) is 0 Å². The number of piperidine rings is 1. The molecule has 1 aromatic rings. The molecule has 0 radical (unpaired) electrons. The first kappa shape index (κ1) is 9.83. The molecular weight excluding hydrogens is 192 g/mol. The number of carbonyl (C=O) groups excluding carboxylic acids is 2. The molecule has 4 heteroatoms. The highest BCUT2D eigenvalue weighted by molar-refractivity contribution is 5.95. The first-order valence-corrected chi connectivity index (χ1v) is 4.98. The molecule has 0 saturated carbocycles. The van der Waals surface area contributed by atoms with E-state index in [9.17, 15) is 9.59 Å². The van der Waals surface area contributed by atoms with Gasteiger partial charge in [-0.1, -0.05) is 0 Å². The van der Waals surface area contributed by atoms with Crippen LogP contribution in [-0.4, -0.2) is 34.7 Å². The van der Waals surface area contributed by atoms with Crippen molar-refractivity contribution in [3.05, 3.63) is 30.1 Å². The first-order chi connectivity index (χ1) is 7.27. The minimum atomic E-state index is -0.0319. The lowest BCUT2D eigenvalue weighted by Crippen LogP contribution is -2.38. The lowest BCUT2D eigenvalue weighted by Gasteiger charge is -2.25. The van der Waals surface area contributed by atoms with E-state index in [1.54, 1.807) is 29.4 Å². The minimum absolute atomic E-state index is 0.0319. The molecule has 0 N–H and O–H groups in total. The fourth-order valence-electron chi connectivity index (χ4n) is 1.63. The number of rotatable bonds is 1. The van der Waals surface area contributed by atoms with E-state index >= 15 is 0 Å². The van der Waals surface area contributed by atoms with Crippen LogP contribution in [0.2, 0.25) is 0 Å². The van der Waals surface area contributed by atoms with Gasteiger partial charge in [-0.3, -0.25) is 14.6 Å². The molecule has 1 aliphatic rings. The maximum atomic E-state index is 11.9. The molecule has 0 unspecified atom stereocenters. The zero-order valence-electron chi connectivity index (χ0n) is 8.35. The number of carbonyl (C=O) groups is 2. The third kappa shape index (κ3) is 2.21. The lowest BCUT2D eigenvalue weighted by atomic mass is 10.1. The molecule has 2 heterocycles. The quantitative estimate of drug-likeness (QED) is 0.682. The van der Waals surface area contributed by atoms with E-state index < -0.39 is 0 Å². The molecule has 1 amide bonds. The van der Waals surface area contributed by atoms with E-state index in [1.807, 2.05) is 0 Å². The third-order valence-corrected chi connectivity index (χ3v) is 2.52. The smallest absolute Gasteiger partial charge is 0.255 e. The van der Waals surface area contributed by atoms with Crippen LogP contribution in [0.5, 0.6) is 0 Å². The third-order valence-electron chi connectivity index (χ3n) is 2.52. The Hall–Kier alpha value is -1.71. The van der Waals surface area contributed by atoms with Crippen LogP contribution in [0.4, 0.5) is 0 Å². The van der Waals surface area contributed by atoms with Gasteiger partial charge >= 0.3 is 0 Å². The Labute approximate surface area is 87.9 Å². The zero-order chi connectivity index (χ0) is 10.7. The molecular formula is C11H12N2O2. The van der Waals surface area contributed by atoms with Gasteiger partial charge < -0.3 is 4.90 Å². The number of aromatic nitrogens is 1. The predicted molar refractivity (Wildman–Crippen MR) is 54.4 cm³/mol. The van der Waals surface area contributed by atoms with Gasteiger partial charge in [-0.15, -0.1) is 0 Å². The van der Waals surface area contributed by atoms with Crippen molar-refractivity contribution in [1.29, 1.82) is 0 Å². The van der Waals surface area contributed by atoms with Crippen molar-refractivity contribution >= 4 is 11.7 Å². The molecule has 0 aliphatic carbocycles. The minimum Gasteiger partial charge on any atom is -0.338 e. The lowest BCUT2D eigenvalue weighted by molar-refractivity contribution is -0.120. The van der Waals surface area contributed by atoms with Gasteiger partial charge in [0, 0.05) is 38.3 Å². The van der Waals surface area contributed by atoms with Crippen LogP contribution in [0, 0.1) is 0 Å². The van der Waals surface area contributed by atoms with Crippen molar-refractivity contribution < 1.29 is 9.59 Å². The Kier molecular flexibility index (Phi) is 2.76. The molecule has 0 bridgehead atoms. The number of hydrogen-bond donors (Lipinski definition) is 0. The monoisotopic (exact) mass is 204 g/mol. The average molecular weight is 204 g/mol. The maximum Gasteiger partial charge on any atom is 0.255 e. The van der Waals surface area contributed by atoms with E-state index in [1.165, 1.54) is 0 Å². The average Bonchev–Trinajstić information content (AvgIpc) is 2.30. The summed E-state index contributed by atoms with van der Waals surface area (Å²) < 4.78 is 0. The van der Waals surface area contributed by atoms with Crippen molar-refractivity contribution in [2.45, 2.75) is 12.8 Å². The van der Waals surface area contributed by atoms with Crippen LogP contribution in [0.1, 0.15) is 23.2 Å². The van der Waals surface area contributed by atoms with E-state index in [4.69, 9.17) is 0 Å². The standard InChI is InChI=1S/C11H12N2O2/c14-10-3-6-13(7-4-10)11(15)9-2-1-5-12-8-9/h1-2,5,8H,3-4,6-7H2. The highest BCUT2D eigenvalue weighted by Gasteiger charge is 2.21. The Balaban J connectivity index is 2.06. The normalized spacial score (nSPS) is 16.5. The van der Waals surface area contributed by atoms with Crippen LogP contribution < -0.4 is 0 Å². The Morgan fingerprint density at radius 1 is 1.33 bits per heavy atom. The molecule has 0 spiro atoms. The molecule has 0 atom stereocenters. The fraction of sp³-hybridized carbons (Fsp3) is 0.364. The van der Waals surface area contributed by atoms with E-state index in [0.717, 1.165) is 0 Å². The van der Waals surface area contributed by atoms with Crippen molar-refractivity contribution in [3.63, 3.8) is 0 Å². The number of nitrogens with zero attached hydrogens (tertiary/aromatic N) is 2. The summed E-state index contributed by atoms with van der Waals surface area (Å²) in [5, 5.41) is 0. The molecule has 4 nitrogen and oxygen atoms in total. The van der Waals surface area contributed by atoms with Gasteiger partial charge in [-0.25, -0.2) is 0 Å². The van der Waals surface area contributed by atoms with Gasteiger partial charge in [0.2, 0.25) is 0 Å². The van der Waals surface area contributed by atoms with Crippen LogP contribution in [-0.2, 0) is 4.79 Å². The topological polar surface area (TPSA) is 50.3 Å². The Morgan fingerprint density at radius 3 is 2.67 bits per heavy atom. The van der Waals surface area contributed by atoms with Crippen LogP contribution in [0.25, 0.3) is 0 Å². The summed E-state index contributed by atoms with van der Waals surface area (Å²) in [5.74, 6) is 0.209. The number of ketones is 1. The molecule has 1 aliphatic heterocycles. The number of Topliss-reactive ketones (excluding diaryl/α,β-unsaturated/α-hetero) is 1. The Morgan fingerprint density at radius 2 is 2.07 bits per heavy atom. The van der Waals surface area contributed by atoms with Gasteiger partial charge in [0.05, 0.1) is 5.56 Å². The molecule has 15 heavy (non-hydrogen) atoms. The van der Waals surface area contributed by atoms with Gasteiger partial charge in [-0.05, 0) is 12.1 Å². The van der Waals surface area contributed by atoms with Gasteiger partial charge in [0.1, 0.15) is 5.78 Å². The predicted octanol–water partition coefficient (Wildman–Crippen LogP) is 0.887. The summed E-state index contributed by atoms with van der Waals surface area (Å²) >= 11 is 0. The van der Waals surface area contributed by atoms with Crippen molar-refractivity contribution in [2.75, 3.05) is 13.1 Å². The fourth-order valence-corrected chi connectivity index (χ4v) is 1.63. The van der Waals surface area contributed by atoms with Crippen molar-refractivity contribution in [3.8, 4) is 0 Å². The molecule has 1 saturated heterocycles. The van der Waals surface area contributed by atoms with Gasteiger partial charge in [0.15, 0.2) is 0 Å². The summed E-state index contributed by atoms with van der Waals surface area (Å²) in [7, 11) is 0. The first-order valence-electron chi connectivity index (χ1n) is 4.98. The van der Waals surface area contributed by atoms with Gasteiger partial charge in [0.25, 0.3) is 5.91 Å². The van der Waals surface area contributed by atoms with Crippen molar-refractivity contribution in [2.24, 2.45) is 0 Å². The largest absolute Gasteiger partial charge is 0.338 e. The summed E-state index contributed by atoms with van der Waals surface area (Å²) in [6.07, 6.45) is 4.15. The number of pyridine rings is 1. The summed E-state index contributed by atoms with van der Waals surface area (Å²) in [6.45, 7) is 1.07. The number of hydrogen-bond acceptors (Lipinski definition) is 3. The molecule has 78 valence electrons. The zero-order valence-corrected chi connectivity index (χ0v) is 8.35. The van der Waals surface area contributed by atoms with E-state index in [0.29, 0.717) is 31.5 Å². The van der Waals surface area contributed by atoms with Crippen LogP contribution >= 0.6 is 0 Å². The summed E-state index contributed by atoms with van der Waals surface area (Å²) in [6, 6.07) is 3.48. The van der Waals surface area contributed by atoms with Crippen LogP contribution in [0.15, 0.2) is 24.5 Å². The Bertz CT molecular complexity index is 365. The summed E-state index contributed by atoms with van der Waals surface area (Å²) in [4.78, 5) is 28.5.